The third-order valence-corrected chi connectivity index (χ3v) is 5.28. The van der Waals surface area contributed by atoms with E-state index in [2.05, 4.69) is 10.1 Å². The van der Waals surface area contributed by atoms with Crippen LogP contribution in [0.2, 0.25) is 0 Å². The molecule has 0 spiro atoms. The molecule has 1 N–H and O–H groups in total. The molecule has 0 aliphatic carbocycles. The van der Waals surface area contributed by atoms with Gasteiger partial charge in [-0.25, -0.2) is 9.50 Å². The van der Waals surface area contributed by atoms with Crippen molar-refractivity contribution >= 4 is 11.6 Å². The van der Waals surface area contributed by atoms with Gasteiger partial charge in [-0.15, -0.1) is 0 Å². The first-order valence-corrected chi connectivity index (χ1v) is 9.71. The monoisotopic (exact) mass is 412 g/mol. The van der Waals surface area contributed by atoms with Crippen LogP contribution >= 0.6 is 0 Å². The number of methoxy groups -OCH3 is 2. The van der Waals surface area contributed by atoms with Crippen molar-refractivity contribution in [1.29, 1.82) is 0 Å². The van der Waals surface area contributed by atoms with E-state index in [-0.39, 0.29) is 24.0 Å². The fourth-order valence-corrected chi connectivity index (χ4v) is 3.75. The SMILES string of the molecule is COc1cccc(OC)c1OCC(=O)N1CCC(c2cc(=O)n3[nH]c(C)cc3n2)C1. The molecule has 3 aromatic rings. The van der Waals surface area contributed by atoms with E-state index in [9.17, 15) is 9.59 Å². The van der Waals surface area contributed by atoms with Crippen molar-refractivity contribution in [2.75, 3.05) is 33.9 Å². The first-order valence-electron chi connectivity index (χ1n) is 9.71. The van der Waals surface area contributed by atoms with Gasteiger partial charge in [0.15, 0.2) is 23.8 Å². The number of para-hydroxylation sites is 1. The second kappa shape index (κ2) is 8.10. The fourth-order valence-electron chi connectivity index (χ4n) is 3.75. The van der Waals surface area contributed by atoms with Gasteiger partial charge in [0.2, 0.25) is 5.75 Å². The number of nitrogens with one attached hydrogen (secondary N) is 1. The van der Waals surface area contributed by atoms with Gasteiger partial charge in [-0.2, -0.15) is 0 Å². The van der Waals surface area contributed by atoms with Gasteiger partial charge in [-0.1, -0.05) is 6.07 Å². The van der Waals surface area contributed by atoms with Gasteiger partial charge >= 0.3 is 0 Å². The minimum absolute atomic E-state index is 0.0163. The van der Waals surface area contributed by atoms with Gasteiger partial charge in [0.05, 0.1) is 19.9 Å². The second-order valence-electron chi connectivity index (χ2n) is 7.26. The first kappa shape index (κ1) is 19.8. The molecule has 0 bridgehead atoms. The van der Waals surface area contributed by atoms with E-state index in [0.29, 0.717) is 41.7 Å². The highest BCUT2D eigenvalue weighted by molar-refractivity contribution is 5.78. The van der Waals surface area contributed by atoms with Crippen LogP contribution in [0.4, 0.5) is 0 Å². The number of fused-ring (bicyclic) bond motifs is 1. The summed E-state index contributed by atoms with van der Waals surface area (Å²) in [7, 11) is 3.07. The summed E-state index contributed by atoms with van der Waals surface area (Å²) < 4.78 is 17.7. The predicted molar refractivity (Wildman–Crippen MR) is 110 cm³/mol. The van der Waals surface area contributed by atoms with Crippen molar-refractivity contribution in [2.45, 2.75) is 19.3 Å². The Morgan fingerprint density at radius 3 is 2.67 bits per heavy atom. The molecule has 0 radical (unpaired) electrons. The van der Waals surface area contributed by atoms with Crippen LogP contribution in [-0.2, 0) is 4.79 Å². The largest absolute Gasteiger partial charge is 0.493 e. The molecular weight excluding hydrogens is 388 g/mol. The number of hydrogen-bond donors (Lipinski definition) is 1. The average Bonchev–Trinajstić information content (AvgIpc) is 3.38. The molecule has 0 saturated carbocycles. The average molecular weight is 412 g/mol. The molecule has 1 saturated heterocycles. The van der Waals surface area contributed by atoms with Gasteiger partial charge < -0.3 is 19.1 Å². The van der Waals surface area contributed by atoms with Crippen molar-refractivity contribution in [3.05, 3.63) is 52.1 Å². The number of aromatic amines is 1. The van der Waals surface area contributed by atoms with Crippen molar-refractivity contribution in [3.63, 3.8) is 0 Å². The molecule has 4 rings (SSSR count). The summed E-state index contributed by atoms with van der Waals surface area (Å²) >= 11 is 0. The number of aromatic nitrogens is 3. The molecule has 2 aromatic heterocycles. The maximum absolute atomic E-state index is 12.7. The van der Waals surface area contributed by atoms with Gasteiger partial charge in [0.1, 0.15) is 0 Å². The zero-order valence-corrected chi connectivity index (χ0v) is 17.2. The van der Waals surface area contributed by atoms with Gasteiger partial charge in [-0.05, 0) is 25.5 Å². The number of benzene rings is 1. The standard InChI is InChI=1S/C21H24N4O5/c1-13-9-18-22-15(10-19(26)25(18)23-13)14-7-8-24(11-14)20(27)12-30-21-16(28-2)5-4-6-17(21)29-3/h4-6,9-10,14,23H,7-8,11-12H2,1-3H3. The molecule has 1 atom stereocenters. The van der Waals surface area contributed by atoms with Crippen LogP contribution in [0.1, 0.15) is 23.7 Å². The second-order valence-corrected chi connectivity index (χ2v) is 7.26. The van der Waals surface area contributed by atoms with Gasteiger partial charge in [0, 0.05) is 36.8 Å². The summed E-state index contributed by atoms with van der Waals surface area (Å²) in [4.78, 5) is 31.4. The number of H-pyrrole nitrogens is 1. The van der Waals surface area contributed by atoms with Crippen LogP contribution in [-0.4, -0.2) is 59.3 Å². The number of ether oxygens (including phenoxy) is 3. The van der Waals surface area contributed by atoms with E-state index in [4.69, 9.17) is 14.2 Å². The number of likely N-dealkylation sites (tertiary alicyclic amines) is 1. The summed E-state index contributed by atoms with van der Waals surface area (Å²) in [6, 6.07) is 8.65. The lowest BCUT2D eigenvalue weighted by atomic mass is 10.1. The lowest BCUT2D eigenvalue weighted by Crippen LogP contribution is -2.33. The molecule has 1 amide bonds. The Morgan fingerprint density at radius 2 is 1.97 bits per heavy atom. The van der Waals surface area contributed by atoms with E-state index in [0.717, 1.165) is 12.1 Å². The molecular formula is C21H24N4O5. The van der Waals surface area contributed by atoms with E-state index >= 15 is 0 Å². The molecule has 158 valence electrons. The van der Waals surface area contributed by atoms with Crippen LogP contribution in [0.15, 0.2) is 35.1 Å². The quantitative estimate of drug-likeness (QED) is 0.662. The third kappa shape index (κ3) is 3.70. The molecule has 9 nitrogen and oxygen atoms in total. The van der Waals surface area contributed by atoms with Gasteiger partial charge in [-0.3, -0.25) is 14.7 Å². The molecule has 1 fully saturated rings. The van der Waals surface area contributed by atoms with Crippen molar-refractivity contribution in [3.8, 4) is 17.2 Å². The maximum atomic E-state index is 12.7. The Labute approximate surface area is 173 Å². The summed E-state index contributed by atoms with van der Waals surface area (Å²) in [5.74, 6) is 1.28. The highest BCUT2D eigenvalue weighted by atomic mass is 16.5. The van der Waals surface area contributed by atoms with Crippen molar-refractivity contribution in [1.82, 2.24) is 19.5 Å². The lowest BCUT2D eigenvalue weighted by Gasteiger charge is -2.18. The minimum atomic E-state index is -0.153. The number of nitrogens with zero attached hydrogens (tertiary/aromatic N) is 3. The van der Waals surface area contributed by atoms with Crippen LogP contribution < -0.4 is 19.8 Å². The number of aryl methyl sites for hydroxylation is 1. The molecule has 1 aromatic carbocycles. The summed E-state index contributed by atoms with van der Waals surface area (Å²) in [6.07, 6.45) is 0.746. The lowest BCUT2D eigenvalue weighted by molar-refractivity contribution is -0.132. The normalized spacial score (nSPS) is 16.1. The highest BCUT2D eigenvalue weighted by Gasteiger charge is 2.29. The fraction of sp³-hybridized carbons (Fsp3) is 0.381. The van der Waals surface area contributed by atoms with E-state index < -0.39 is 0 Å². The Bertz CT molecular complexity index is 1110. The third-order valence-electron chi connectivity index (χ3n) is 5.28. The summed E-state index contributed by atoms with van der Waals surface area (Å²) in [5, 5.41) is 2.96. The molecule has 9 heteroatoms. The minimum Gasteiger partial charge on any atom is -0.493 e. The van der Waals surface area contributed by atoms with E-state index in [1.165, 1.54) is 24.8 Å². The zero-order valence-electron chi connectivity index (χ0n) is 17.2. The molecule has 30 heavy (non-hydrogen) atoms. The van der Waals surface area contributed by atoms with Crippen molar-refractivity contribution < 1.29 is 19.0 Å². The van der Waals surface area contributed by atoms with E-state index in [1.807, 2.05) is 13.0 Å². The number of carbonyl (C=O) groups is 1. The number of carbonyl (C=O) groups excluding carboxylic acids is 1. The predicted octanol–water partition coefficient (Wildman–Crippen LogP) is 1.74. The van der Waals surface area contributed by atoms with Crippen LogP contribution in [0, 0.1) is 6.92 Å². The summed E-state index contributed by atoms with van der Waals surface area (Å²) in [6.45, 7) is 2.83. The molecule has 1 unspecified atom stereocenters. The smallest absolute Gasteiger partial charge is 0.272 e. The van der Waals surface area contributed by atoms with Crippen molar-refractivity contribution in [2.24, 2.45) is 0 Å². The topological polar surface area (TPSA) is 98.2 Å². The number of rotatable bonds is 6. The molecule has 1 aliphatic rings. The Kier molecular flexibility index (Phi) is 5.35. The number of amides is 1. The Hall–Kier alpha value is -3.49. The molecule has 1 aliphatic heterocycles. The van der Waals surface area contributed by atoms with Crippen LogP contribution in [0.5, 0.6) is 17.2 Å². The number of hydrogen-bond acceptors (Lipinski definition) is 6. The van der Waals surface area contributed by atoms with Crippen LogP contribution in [0.25, 0.3) is 5.65 Å². The highest BCUT2D eigenvalue weighted by Crippen LogP contribution is 2.36. The summed E-state index contributed by atoms with van der Waals surface area (Å²) in [5.41, 5.74) is 2.01. The first-order chi connectivity index (χ1) is 14.5. The van der Waals surface area contributed by atoms with Crippen LogP contribution in [0.3, 0.4) is 0 Å². The van der Waals surface area contributed by atoms with Gasteiger partial charge in [0.25, 0.3) is 11.5 Å². The van der Waals surface area contributed by atoms with E-state index in [1.54, 1.807) is 23.1 Å². The molecule has 3 heterocycles. The zero-order chi connectivity index (χ0) is 21.3. The Balaban J connectivity index is 1.44. The maximum Gasteiger partial charge on any atom is 0.272 e. The Morgan fingerprint density at radius 1 is 1.23 bits per heavy atom.